The summed E-state index contributed by atoms with van der Waals surface area (Å²) in [5.41, 5.74) is 0.924. The van der Waals surface area contributed by atoms with Crippen molar-refractivity contribution < 1.29 is 24.5 Å². The standard InChI is InChI=1S/C30H35N3O5/c1-28-14-18-16-32-33(24-5-3-4-12-31-24)22(18)13-19(28)8-9-20-21-10-11-30(27(36)37,38-26(35)17-6-7-17)29(21,2)15-23(34)25(20)28/h3-5,12-13,16-17,20-21,23,25,34H,6-11,14-15H2,1-2H3,(H,36,37)/t20-,21-,23-,25+,28-,29-,30-/m0/s1. The molecule has 38 heavy (non-hydrogen) atoms. The summed E-state index contributed by atoms with van der Waals surface area (Å²) in [5.74, 6) is -0.567. The maximum absolute atomic E-state index is 12.8. The van der Waals surface area contributed by atoms with Gasteiger partial charge >= 0.3 is 11.9 Å². The predicted octanol–water partition coefficient (Wildman–Crippen LogP) is 4.20. The van der Waals surface area contributed by atoms with Crippen molar-refractivity contribution in [3.63, 3.8) is 0 Å². The number of allylic oxidation sites excluding steroid dienone is 1. The van der Waals surface area contributed by atoms with E-state index >= 15 is 0 Å². The summed E-state index contributed by atoms with van der Waals surface area (Å²) in [6, 6.07) is 5.80. The van der Waals surface area contributed by atoms with Gasteiger partial charge in [-0.1, -0.05) is 25.5 Å². The quantitative estimate of drug-likeness (QED) is 0.584. The highest BCUT2D eigenvalue weighted by Gasteiger charge is 2.71. The lowest BCUT2D eigenvalue weighted by Gasteiger charge is -2.60. The molecule has 0 aliphatic heterocycles. The number of aliphatic hydroxyl groups excluding tert-OH is 1. The van der Waals surface area contributed by atoms with Crippen LogP contribution in [0.2, 0.25) is 0 Å². The Morgan fingerprint density at radius 1 is 1.16 bits per heavy atom. The molecule has 0 saturated heterocycles. The SMILES string of the molecule is C[C@]12Cc3cnn(-c4ccccn4)c3C=C1CC[C@@H]1[C@@H]2[C@@H](O)C[C@@]2(C)[C@H]1CC[C@]2(OC(=O)C1CC1)C(=O)O. The van der Waals surface area contributed by atoms with Gasteiger partial charge in [-0.2, -0.15) is 5.10 Å². The first-order valence-electron chi connectivity index (χ1n) is 14.0. The Morgan fingerprint density at radius 3 is 2.68 bits per heavy atom. The molecular formula is C30H35N3O5. The van der Waals surface area contributed by atoms with Crippen LogP contribution in [0.1, 0.15) is 70.1 Å². The van der Waals surface area contributed by atoms with Crippen LogP contribution in [-0.2, 0) is 20.7 Å². The Hall–Kier alpha value is -3.00. The number of aliphatic carboxylic acids is 1. The molecule has 7 rings (SSSR count). The number of esters is 1. The smallest absolute Gasteiger partial charge is 0.348 e. The van der Waals surface area contributed by atoms with Crippen molar-refractivity contribution in [2.24, 2.45) is 34.5 Å². The van der Waals surface area contributed by atoms with E-state index in [2.05, 4.69) is 23.1 Å². The summed E-state index contributed by atoms with van der Waals surface area (Å²) in [7, 11) is 0. The molecule has 0 amide bonds. The van der Waals surface area contributed by atoms with Crippen molar-refractivity contribution in [3.8, 4) is 5.82 Å². The lowest BCUT2D eigenvalue weighted by Crippen LogP contribution is -2.63. The summed E-state index contributed by atoms with van der Waals surface area (Å²) in [6.45, 7) is 4.23. The normalized spacial score (nSPS) is 39.3. The zero-order valence-electron chi connectivity index (χ0n) is 22.0. The van der Waals surface area contributed by atoms with E-state index in [-0.39, 0.29) is 35.1 Å². The van der Waals surface area contributed by atoms with Crippen LogP contribution >= 0.6 is 0 Å². The first-order valence-corrected chi connectivity index (χ1v) is 14.0. The van der Waals surface area contributed by atoms with E-state index in [1.54, 1.807) is 6.20 Å². The summed E-state index contributed by atoms with van der Waals surface area (Å²) < 4.78 is 7.83. The van der Waals surface area contributed by atoms with E-state index in [9.17, 15) is 19.8 Å². The zero-order chi connectivity index (χ0) is 26.4. The number of aromatic nitrogens is 3. The molecule has 5 aliphatic carbocycles. The van der Waals surface area contributed by atoms with Crippen molar-refractivity contribution in [1.82, 2.24) is 14.8 Å². The number of carbonyl (C=O) groups excluding carboxylic acids is 1. The zero-order valence-corrected chi connectivity index (χ0v) is 22.0. The molecule has 7 atom stereocenters. The molecule has 8 nitrogen and oxygen atoms in total. The van der Waals surface area contributed by atoms with Gasteiger partial charge in [0.2, 0.25) is 5.60 Å². The third-order valence-electron chi connectivity index (χ3n) is 10.9. The predicted molar refractivity (Wildman–Crippen MR) is 138 cm³/mol. The van der Waals surface area contributed by atoms with E-state index in [1.165, 1.54) is 5.57 Å². The first-order chi connectivity index (χ1) is 18.2. The Balaban J connectivity index is 1.24. The molecule has 8 heteroatoms. The number of hydrogen-bond donors (Lipinski definition) is 2. The minimum Gasteiger partial charge on any atom is -0.478 e. The fourth-order valence-corrected chi connectivity index (χ4v) is 8.97. The van der Waals surface area contributed by atoms with E-state index in [4.69, 9.17) is 4.74 Å². The second-order valence-corrected chi connectivity index (χ2v) is 12.8. The average Bonchev–Trinajstić information content (AvgIpc) is 3.60. The van der Waals surface area contributed by atoms with Crippen molar-refractivity contribution >= 4 is 18.0 Å². The van der Waals surface area contributed by atoms with Crippen LogP contribution in [0.4, 0.5) is 0 Å². The third kappa shape index (κ3) is 3.12. The van der Waals surface area contributed by atoms with Gasteiger partial charge in [-0.15, -0.1) is 0 Å². The van der Waals surface area contributed by atoms with Gasteiger partial charge in [0.25, 0.3) is 0 Å². The van der Waals surface area contributed by atoms with Gasteiger partial charge in [0.15, 0.2) is 5.82 Å². The first kappa shape index (κ1) is 24.1. The van der Waals surface area contributed by atoms with Gasteiger partial charge < -0.3 is 14.9 Å². The number of hydrogen-bond acceptors (Lipinski definition) is 6. The van der Waals surface area contributed by atoms with Crippen molar-refractivity contribution in [3.05, 3.63) is 47.4 Å². The Labute approximate surface area is 222 Å². The number of carboxylic acids is 1. The molecule has 5 aliphatic rings. The summed E-state index contributed by atoms with van der Waals surface area (Å²) in [5, 5.41) is 27.0. The molecule has 2 aromatic heterocycles. The topological polar surface area (TPSA) is 115 Å². The number of nitrogens with zero attached hydrogens (tertiary/aromatic N) is 3. The highest BCUT2D eigenvalue weighted by Crippen LogP contribution is 2.68. The molecule has 0 radical (unpaired) electrons. The maximum Gasteiger partial charge on any atom is 0.348 e. The molecule has 0 spiro atoms. The number of fused-ring (bicyclic) bond motifs is 6. The number of pyridine rings is 1. The number of ether oxygens (including phenoxy) is 1. The Bertz CT molecular complexity index is 1350. The molecular weight excluding hydrogens is 482 g/mol. The third-order valence-corrected chi connectivity index (χ3v) is 10.9. The van der Waals surface area contributed by atoms with Gasteiger partial charge in [-0.05, 0) is 98.3 Å². The van der Waals surface area contributed by atoms with Gasteiger partial charge in [0, 0.05) is 11.6 Å². The lowest BCUT2D eigenvalue weighted by molar-refractivity contribution is -0.211. The Kier molecular flexibility index (Phi) is 5.07. The van der Waals surface area contributed by atoms with Gasteiger partial charge in [-0.3, -0.25) is 4.79 Å². The molecule has 4 saturated carbocycles. The molecule has 0 unspecified atom stereocenters. The number of carbonyl (C=O) groups is 2. The average molecular weight is 518 g/mol. The van der Waals surface area contributed by atoms with Crippen LogP contribution in [0.15, 0.2) is 36.2 Å². The lowest BCUT2D eigenvalue weighted by atomic mass is 9.45. The van der Waals surface area contributed by atoms with Crippen LogP contribution in [-0.4, -0.2) is 48.6 Å². The largest absolute Gasteiger partial charge is 0.478 e. The van der Waals surface area contributed by atoms with E-state index in [0.717, 1.165) is 49.2 Å². The van der Waals surface area contributed by atoms with Crippen LogP contribution in [0.5, 0.6) is 0 Å². The molecule has 0 aromatic carbocycles. The highest BCUT2D eigenvalue weighted by atomic mass is 16.6. The van der Waals surface area contributed by atoms with Gasteiger partial charge in [-0.25, -0.2) is 14.5 Å². The number of carboxylic acid groups (broad SMARTS) is 1. The van der Waals surface area contributed by atoms with Gasteiger partial charge in [0.1, 0.15) is 0 Å². The summed E-state index contributed by atoms with van der Waals surface area (Å²) in [6.07, 6.45) is 10.7. The van der Waals surface area contributed by atoms with Crippen LogP contribution in [0.3, 0.4) is 0 Å². The molecule has 200 valence electrons. The summed E-state index contributed by atoms with van der Waals surface area (Å²) >= 11 is 0. The molecule has 2 heterocycles. The fourth-order valence-electron chi connectivity index (χ4n) is 8.97. The molecule has 2 aromatic rings. The van der Waals surface area contributed by atoms with Crippen LogP contribution in [0.25, 0.3) is 11.9 Å². The van der Waals surface area contributed by atoms with Crippen molar-refractivity contribution in [2.45, 2.75) is 76.9 Å². The highest BCUT2D eigenvalue weighted by molar-refractivity contribution is 5.85. The van der Waals surface area contributed by atoms with E-state index in [0.29, 0.717) is 19.3 Å². The second-order valence-electron chi connectivity index (χ2n) is 12.8. The number of aliphatic hydroxyl groups is 1. The van der Waals surface area contributed by atoms with Crippen LogP contribution in [0, 0.1) is 34.5 Å². The van der Waals surface area contributed by atoms with Crippen molar-refractivity contribution in [1.29, 1.82) is 0 Å². The second kappa shape index (κ2) is 8.01. The molecule has 4 fully saturated rings. The fraction of sp³-hybridized carbons (Fsp3) is 0.600. The van der Waals surface area contributed by atoms with Crippen molar-refractivity contribution in [2.75, 3.05) is 0 Å². The molecule has 2 N–H and O–H groups in total. The number of rotatable bonds is 4. The van der Waals surface area contributed by atoms with E-state index in [1.807, 2.05) is 36.0 Å². The maximum atomic E-state index is 12.8. The van der Waals surface area contributed by atoms with Crippen LogP contribution < -0.4 is 0 Å². The Morgan fingerprint density at radius 2 is 1.97 bits per heavy atom. The van der Waals surface area contributed by atoms with E-state index < -0.39 is 23.1 Å². The minimum absolute atomic E-state index is 0.00986. The monoisotopic (exact) mass is 517 g/mol. The van der Waals surface area contributed by atoms with Gasteiger partial charge in [0.05, 0.1) is 23.9 Å². The molecule has 0 bridgehead atoms. The minimum atomic E-state index is -1.57. The summed E-state index contributed by atoms with van der Waals surface area (Å²) in [4.78, 5) is 30.0.